The molecule has 0 aliphatic heterocycles. The van der Waals surface area contributed by atoms with E-state index in [0.29, 0.717) is 42.5 Å². The number of benzene rings is 3. The topological polar surface area (TPSA) is 159 Å². The smallest absolute Gasteiger partial charge is 0.494 e. The van der Waals surface area contributed by atoms with E-state index in [2.05, 4.69) is 35.7 Å². The molecule has 0 atom stereocenters. The number of hydrogen-bond acceptors (Lipinski definition) is 13. The van der Waals surface area contributed by atoms with Gasteiger partial charge in [0.25, 0.3) is 0 Å². The van der Waals surface area contributed by atoms with Crippen molar-refractivity contribution in [1.82, 2.24) is 0 Å². The van der Waals surface area contributed by atoms with Gasteiger partial charge in [-0.05, 0) is 114 Å². The summed E-state index contributed by atoms with van der Waals surface area (Å²) in [5, 5.41) is 0. The number of carbonyl (C=O) groups is 5. The van der Waals surface area contributed by atoms with E-state index in [1.54, 1.807) is 0 Å². The zero-order chi connectivity index (χ0) is 37.0. The van der Waals surface area contributed by atoms with Crippen molar-refractivity contribution < 1.29 is 61.9 Å². The number of esters is 3. The molecule has 13 nitrogen and oxygen atoms in total. The van der Waals surface area contributed by atoms with Crippen molar-refractivity contribution >= 4 is 46.1 Å². The van der Waals surface area contributed by atoms with E-state index >= 15 is 0 Å². The van der Waals surface area contributed by atoms with E-state index in [1.165, 1.54) is 72.8 Å². The minimum atomic E-state index is -0.927. The SMILES string of the molecule is C=CC(=C)OCCCCOC(=O)Oc1ccc(C(=O)Oc2ccc(OC(=O)c3ccc(OC(=O)OCCCCOC(=O)C=C)cc3)cc2Br)cc1. The Hall–Kier alpha value is -5.89. The molecule has 0 amide bonds. The molecule has 0 aromatic heterocycles. The minimum Gasteiger partial charge on any atom is -0.494 e. The maximum Gasteiger partial charge on any atom is 0.513 e. The predicted molar refractivity (Wildman–Crippen MR) is 186 cm³/mol. The molecule has 0 saturated carbocycles. The first-order chi connectivity index (χ1) is 24.6. The van der Waals surface area contributed by atoms with Crippen molar-refractivity contribution in [3.05, 3.63) is 120 Å². The minimum absolute atomic E-state index is 0.0672. The van der Waals surface area contributed by atoms with Gasteiger partial charge in [0.2, 0.25) is 0 Å². The predicted octanol–water partition coefficient (Wildman–Crippen LogP) is 7.92. The largest absolute Gasteiger partial charge is 0.513 e. The van der Waals surface area contributed by atoms with E-state index < -0.39 is 30.2 Å². The van der Waals surface area contributed by atoms with Gasteiger partial charge in [-0.1, -0.05) is 19.7 Å². The monoisotopic (exact) mass is 766 g/mol. The lowest BCUT2D eigenvalue weighted by atomic mass is 10.2. The van der Waals surface area contributed by atoms with Crippen LogP contribution in [0, 0.1) is 0 Å². The van der Waals surface area contributed by atoms with Gasteiger partial charge in [-0.3, -0.25) is 0 Å². The van der Waals surface area contributed by atoms with Crippen LogP contribution in [0.5, 0.6) is 23.0 Å². The number of carbonyl (C=O) groups excluding carboxylic acids is 5. The molecule has 3 rings (SSSR count). The summed E-state index contributed by atoms with van der Waals surface area (Å²) >= 11 is 3.31. The molecular weight excluding hydrogens is 732 g/mol. The van der Waals surface area contributed by atoms with Crippen molar-refractivity contribution in [2.75, 3.05) is 26.4 Å². The van der Waals surface area contributed by atoms with Crippen molar-refractivity contribution in [3.63, 3.8) is 0 Å². The highest BCUT2D eigenvalue weighted by atomic mass is 79.9. The van der Waals surface area contributed by atoms with E-state index in [-0.39, 0.29) is 53.9 Å². The number of halogens is 1. The Labute approximate surface area is 302 Å². The van der Waals surface area contributed by atoms with E-state index in [1.807, 2.05) is 0 Å². The van der Waals surface area contributed by atoms with Gasteiger partial charge in [0.05, 0.1) is 42.0 Å². The summed E-state index contributed by atoms with van der Waals surface area (Å²) in [6.45, 7) is 11.3. The zero-order valence-corrected chi connectivity index (χ0v) is 29.1. The summed E-state index contributed by atoms with van der Waals surface area (Å²) in [4.78, 5) is 60.2. The maximum atomic E-state index is 12.7. The molecule has 51 heavy (non-hydrogen) atoms. The molecule has 268 valence electrons. The second-order valence-electron chi connectivity index (χ2n) is 10.1. The fraction of sp³-hybridized carbons (Fsp3) is 0.216. The van der Waals surface area contributed by atoms with Gasteiger partial charge < -0.3 is 37.9 Å². The molecule has 14 heteroatoms. The number of hydrogen-bond donors (Lipinski definition) is 0. The molecule has 0 aliphatic carbocycles. The average molecular weight is 768 g/mol. The highest BCUT2D eigenvalue weighted by molar-refractivity contribution is 9.10. The van der Waals surface area contributed by atoms with E-state index in [9.17, 15) is 24.0 Å². The van der Waals surface area contributed by atoms with Crippen molar-refractivity contribution in [2.24, 2.45) is 0 Å². The normalized spacial score (nSPS) is 10.1. The summed E-state index contributed by atoms with van der Waals surface area (Å²) < 4.78 is 41.5. The molecule has 0 radical (unpaired) electrons. The molecule has 3 aromatic carbocycles. The van der Waals surface area contributed by atoms with Crippen LogP contribution in [0.3, 0.4) is 0 Å². The number of allylic oxidation sites excluding steroid dienone is 1. The van der Waals surface area contributed by atoms with E-state index in [4.69, 9.17) is 37.9 Å². The van der Waals surface area contributed by atoms with Gasteiger partial charge in [0.15, 0.2) is 0 Å². The quantitative estimate of drug-likeness (QED) is 0.0169. The molecule has 0 bridgehead atoms. The van der Waals surface area contributed by atoms with Crippen molar-refractivity contribution in [3.8, 4) is 23.0 Å². The lowest BCUT2D eigenvalue weighted by Crippen LogP contribution is -2.13. The summed E-state index contributed by atoms with van der Waals surface area (Å²) in [5.41, 5.74) is 0.359. The molecule has 0 unspecified atom stereocenters. The summed E-state index contributed by atoms with van der Waals surface area (Å²) in [6.07, 6.45) is 2.93. The van der Waals surface area contributed by atoms with Gasteiger partial charge in [-0.2, -0.15) is 0 Å². The lowest BCUT2D eigenvalue weighted by Gasteiger charge is -2.10. The first-order valence-corrected chi connectivity index (χ1v) is 16.2. The highest BCUT2D eigenvalue weighted by Crippen LogP contribution is 2.30. The first-order valence-electron chi connectivity index (χ1n) is 15.4. The summed E-state index contributed by atoms with van der Waals surface area (Å²) in [7, 11) is 0. The molecule has 0 aliphatic rings. The Morgan fingerprint density at radius 2 is 1.00 bits per heavy atom. The van der Waals surface area contributed by atoms with Gasteiger partial charge >= 0.3 is 30.2 Å². The Morgan fingerprint density at radius 3 is 1.47 bits per heavy atom. The van der Waals surface area contributed by atoms with Crippen LogP contribution in [0.25, 0.3) is 0 Å². The van der Waals surface area contributed by atoms with Crippen LogP contribution < -0.4 is 18.9 Å². The Kier molecular flexibility index (Phi) is 16.5. The maximum absolute atomic E-state index is 12.7. The van der Waals surface area contributed by atoms with Crippen LogP contribution in [0.4, 0.5) is 9.59 Å². The fourth-order valence-electron chi connectivity index (χ4n) is 3.74. The second kappa shape index (κ2) is 21.3. The zero-order valence-electron chi connectivity index (χ0n) is 27.5. The van der Waals surface area contributed by atoms with Crippen LogP contribution >= 0.6 is 15.9 Å². The third-order valence-electron chi connectivity index (χ3n) is 6.34. The van der Waals surface area contributed by atoms with Crippen LogP contribution in [-0.4, -0.2) is 56.6 Å². The second-order valence-corrected chi connectivity index (χ2v) is 11.0. The van der Waals surface area contributed by atoms with Gasteiger partial charge in [-0.15, -0.1) is 0 Å². The summed E-state index contributed by atoms with van der Waals surface area (Å²) in [5.74, 6) is -0.783. The average Bonchev–Trinajstić information content (AvgIpc) is 3.12. The van der Waals surface area contributed by atoms with Crippen LogP contribution in [0.1, 0.15) is 46.4 Å². The lowest BCUT2D eigenvalue weighted by molar-refractivity contribution is -0.137. The molecule has 0 N–H and O–H groups in total. The third-order valence-corrected chi connectivity index (χ3v) is 6.96. The van der Waals surface area contributed by atoms with Crippen LogP contribution in [-0.2, 0) is 23.7 Å². The van der Waals surface area contributed by atoms with Gasteiger partial charge in [0, 0.05) is 6.08 Å². The number of ether oxygens (including phenoxy) is 8. The number of rotatable bonds is 19. The fourth-order valence-corrected chi connectivity index (χ4v) is 4.17. The van der Waals surface area contributed by atoms with E-state index in [0.717, 1.165) is 6.08 Å². The Balaban J connectivity index is 1.40. The van der Waals surface area contributed by atoms with Gasteiger partial charge in [-0.25, -0.2) is 24.0 Å². The molecular formula is C37H35BrO13. The molecule has 0 fully saturated rings. The van der Waals surface area contributed by atoms with Crippen LogP contribution in [0.15, 0.2) is 109 Å². The van der Waals surface area contributed by atoms with Crippen molar-refractivity contribution in [2.45, 2.75) is 25.7 Å². The molecule has 0 saturated heterocycles. The van der Waals surface area contributed by atoms with Gasteiger partial charge in [0.1, 0.15) is 28.8 Å². The highest BCUT2D eigenvalue weighted by Gasteiger charge is 2.16. The Morgan fingerprint density at radius 1 is 0.549 bits per heavy atom. The standard InChI is InChI=1S/C37H35BrO13/c1-4-25(3)44-20-6-8-22-46-36(42)50-29-16-12-27(13-17-29)35(41)51-32-19-18-30(24-31(32)38)48-34(40)26-10-14-28(15-11-26)49-37(43)47-23-9-7-21-45-33(39)5-2/h4-5,10-19,24H,1-3,6-9,20-23H2. The first kappa shape index (κ1) is 39.5. The Bertz CT molecular complexity index is 1700. The van der Waals surface area contributed by atoms with Crippen LogP contribution in [0.2, 0.25) is 0 Å². The van der Waals surface area contributed by atoms with Crippen molar-refractivity contribution in [1.29, 1.82) is 0 Å². The third kappa shape index (κ3) is 14.6. The molecule has 3 aromatic rings. The molecule has 0 heterocycles. The number of unbranched alkanes of at least 4 members (excludes halogenated alkanes) is 2. The summed E-state index contributed by atoms with van der Waals surface area (Å²) in [6, 6.07) is 15.6. The molecule has 0 spiro atoms.